The first kappa shape index (κ1) is 13.9. The van der Waals surface area contributed by atoms with Crippen LogP contribution >= 0.6 is 0 Å². The van der Waals surface area contributed by atoms with Gasteiger partial charge in [-0.2, -0.15) is 0 Å². The number of carbonyl (C=O) groups is 1. The first-order chi connectivity index (χ1) is 9.59. The number of carboxylic acids is 1. The Bertz CT molecular complexity index is 650. The maximum absolute atomic E-state index is 11.9. The molecule has 0 fully saturated rings. The van der Waals surface area contributed by atoms with E-state index in [9.17, 15) is 9.59 Å². The average molecular weight is 272 g/mol. The number of hydrogen-bond donors (Lipinski definition) is 1. The lowest BCUT2D eigenvalue weighted by Crippen LogP contribution is -2.30. The molecule has 0 spiro atoms. The molecule has 104 valence electrons. The number of nitrogens with zero attached hydrogens (tertiary/aromatic N) is 2. The van der Waals surface area contributed by atoms with E-state index in [1.807, 2.05) is 42.3 Å². The van der Waals surface area contributed by atoms with Crippen LogP contribution in [0.4, 0.5) is 5.69 Å². The molecule has 0 saturated carbocycles. The number of pyridine rings is 1. The van der Waals surface area contributed by atoms with Crippen LogP contribution in [0.3, 0.4) is 0 Å². The highest BCUT2D eigenvalue weighted by Crippen LogP contribution is 2.10. The van der Waals surface area contributed by atoms with Crippen LogP contribution in [-0.2, 0) is 6.54 Å². The second kappa shape index (κ2) is 6.06. The molecule has 0 radical (unpaired) electrons. The Morgan fingerprint density at radius 3 is 2.55 bits per heavy atom. The number of aromatic carboxylic acids is 1. The minimum atomic E-state index is -1.19. The molecule has 0 bridgehead atoms. The number of likely N-dealkylation sites (N-methyl/N-ethyl adjacent to an activating group) is 1. The molecule has 0 aliphatic rings. The van der Waals surface area contributed by atoms with E-state index in [1.54, 1.807) is 12.3 Å². The van der Waals surface area contributed by atoms with Gasteiger partial charge in [-0.3, -0.25) is 4.79 Å². The highest BCUT2D eigenvalue weighted by molar-refractivity contribution is 5.86. The Labute approximate surface area is 116 Å². The minimum absolute atomic E-state index is 0.199. The molecule has 5 heteroatoms. The zero-order valence-electron chi connectivity index (χ0n) is 11.2. The molecule has 1 aromatic carbocycles. The summed E-state index contributed by atoms with van der Waals surface area (Å²) >= 11 is 0. The zero-order chi connectivity index (χ0) is 14.5. The normalized spacial score (nSPS) is 10.2. The number of aromatic nitrogens is 1. The first-order valence-electron chi connectivity index (χ1n) is 6.28. The predicted octanol–water partition coefficient (Wildman–Crippen LogP) is 1.68. The van der Waals surface area contributed by atoms with Crippen molar-refractivity contribution in [1.29, 1.82) is 0 Å². The molecule has 0 aliphatic heterocycles. The smallest absolute Gasteiger partial charge is 0.341 e. The van der Waals surface area contributed by atoms with Crippen LogP contribution in [0.2, 0.25) is 0 Å². The van der Waals surface area contributed by atoms with Crippen molar-refractivity contribution in [2.24, 2.45) is 0 Å². The van der Waals surface area contributed by atoms with Crippen LogP contribution in [0.15, 0.2) is 53.5 Å². The Morgan fingerprint density at radius 1 is 1.20 bits per heavy atom. The van der Waals surface area contributed by atoms with Crippen molar-refractivity contribution >= 4 is 11.7 Å². The Balaban J connectivity index is 2.10. The fourth-order valence-corrected chi connectivity index (χ4v) is 1.95. The lowest BCUT2D eigenvalue weighted by atomic mass is 10.2. The van der Waals surface area contributed by atoms with Gasteiger partial charge < -0.3 is 14.6 Å². The Hall–Kier alpha value is -2.56. The summed E-state index contributed by atoms with van der Waals surface area (Å²) < 4.78 is 1.42. The fourth-order valence-electron chi connectivity index (χ4n) is 1.95. The molecule has 0 amide bonds. The second-order valence-electron chi connectivity index (χ2n) is 4.48. The van der Waals surface area contributed by atoms with E-state index >= 15 is 0 Å². The summed E-state index contributed by atoms with van der Waals surface area (Å²) in [7, 11) is 1.93. The van der Waals surface area contributed by atoms with Crippen LogP contribution in [0.25, 0.3) is 0 Å². The van der Waals surface area contributed by atoms with Crippen molar-refractivity contribution in [3.05, 3.63) is 64.6 Å². The maximum Gasteiger partial charge on any atom is 0.341 e. The molecule has 0 atom stereocenters. The third kappa shape index (κ3) is 3.06. The number of benzene rings is 1. The molecule has 1 heterocycles. The van der Waals surface area contributed by atoms with Gasteiger partial charge in [0.25, 0.3) is 5.56 Å². The topological polar surface area (TPSA) is 62.5 Å². The van der Waals surface area contributed by atoms with E-state index in [2.05, 4.69) is 0 Å². The van der Waals surface area contributed by atoms with Gasteiger partial charge in [-0.05, 0) is 24.3 Å². The van der Waals surface area contributed by atoms with E-state index in [0.717, 1.165) is 5.69 Å². The standard InChI is InChI=1S/C15H16N2O3/c1-16(12-6-3-2-4-7-12)10-11-17-9-5-8-13(14(17)18)15(19)20/h2-9H,10-11H2,1H3,(H,19,20). The summed E-state index contributed by atoms with van der Waals surface area (Å²) in [5.74, 6) is -1.19. The van der Waals surface area contributed by atoms with Gasteiger partial charge in [0.15, 0.2) is 0 Å². The van der Waals surface area contributed by atoms with E-state index in [-0.39, 0.29) is 5.56 Å². The van der Waals surface area contributed by atoms with Crippen molar-refractivity contribution < 1.29 is 9.90 Å². The van der Waals surface area contributed by atoms with E-state index in [4.69, 9.17) is 5.11 Å². The van der Waals surface area contributed by atoms with Crippen molar-refractivity contribution in [3.8, 4) is 0 Å². The third-order valence-corrected chi connectivity index (χ3v) is 3.12. The Morgan fingerprint density at radius 2 is 1.90 bits per heavy atom. The van der Waals surface area contributed by atoms with Crippen molar-refractivity contribution in [2.45, 2.75) is 6.54 Å². The van der Waals surface area contributed by atoms with Gasteiger partial charge in [0.2, 0.25) is 0 Å². The van der Waals surface area contributed by atoms with Crippen LogP contribution in [0, 0.1) is 0 Å². The molecule has 20 heavy (non-hydrogen) atoms. The van der Waals surface area contributed by atoms with Gasteiger partial charge in [-0.25, -0.2) is 4.79 Å². The molecule has 1 N–H and O–H groups in total. The fraction of sp³-hybridized carbons (Fsp3) is 0.200. The summed E-state index contributed by atoms with van der Waals surface area (Å²) in [5.41, 5.74) is 0.381. The molecule has 2 rings (SSSR count). The van der Waals surface area contributed by atoms with Crippen LogP contribution in [0.5, 0.6) is 0 Å². The summed E-state index contributed by atoms with van der Waals surface area (Å²) in [6.45, 7) is 1.05. The highest BCUT2D eigenvalue weighted by Gasteiger charge is 2.10. The zero-order valence-corrected chi connectivity index (χ0v) is 11.2. The predicted molar refractivity (Wildman–Crippen MR) is 77.4 cm³/mol. The monoisotopic (exact) mass is 272 g/mol. The average Bonchev–Trinajstić information content (AvgIpc) is 2.46. The van der Waals surface area contributed by atoms with Gasteiger partial charge in [0.1, 0.15) is 5.56 Å². The molecule has 0 aliphatic carbocycles. The molecule has 1 aromatic heterocycles. The van der Waals surface area contributed by atoms with Gasteiger partial charge in [0, 0.05) is 32.0 Å². The molecule has 2 aromatic rings. The molecule has 0 unspecified atom stereocenters. The molecule has 5 nitrogen and oxygen atoms in total. The van der Waals surface area contributed by atoms with Crippen molar-refractivity contribution in [3.63, 3.8) is 0 Å². The van der Waals surface area contributed by atoms with Crippen molar-refractivity contribution in [2.75, 3.05) is 18.5 Å². The third-order valence-electron chi connectivity index (χ3n) is 3.12. The highest BCUT2D eigenvalue weighted by atomic mass is 16.4. The van der Waals surface area contributed by atoms with E-state index < -0.39 is 11.5 Å². The summed E-state index contributed by atoms with van der Waals surface area (Å²) in [6.07, 6.45) is 1.60. The SMILES string of the molecule is CN(CCn1cccc(C(=O)O)c1=O)c1ccccc1. The molecular formula is C15H16N2O3. The van der Waals surface area contributed by atoms with Gasteiger partial charge >= 0.3 is 5.97 Å². The summed E-state index contributed by atoms with van der Waals surface area (Å²) in [4.78, 5) is 24.8. The summed E-state index contributed by atoms with van der Waals surface area (Å²) in [6, 6.07) is 12.7. The van der Waals surface area contributed by atoms with E-state index in [0.29, 0.717) is 13.1 Å². The molecule has 0 saturated heterocycles. The van der Waals surface area contributed by atoms with Gasteiger partial charge in [-0.15, -0.1) is 0 Å². The van der Waals surface area contributed by atoms with Crippen LogP contribution in [0.1, 0.15) is 10.4 Å². The van der Waals surface area contributed by atoms with Crippen LogP contribution < -0.4 is 10.5 Å². The number of para-hydroxylation sites is 1. The Kier molecular flexibility index (Phi) is 4.20. The maximum atomic E-state index is 11.9. The largest absolute Gasteiger partial charge is 0.477 e. The number of hydrogen-bond acceptors (Lipinski definition) is 3. The minimum Gasteiger partial charge on any atom is -0.477 e. The molecular weight excluding hydrogens is 256 g/mol. The van der Waals surface area contributed by atoms with Gasteiger partial charge in [-0.1, -0.05) is 18.2 Å². The van der Waals surface area contributed by atoms with Crippen molar-refractivity contribution in [1.82, 2.24) is 4.57 Å². The lowest BCUT2D eigenvalue weighted by Gasteiger charge is -2.19. The number of anilines is 1. The number of rotatable bonds is 5. The second-order valence-corrected chi connectivity index (χ2v) is 4.48. The lowest BCUT2D eigenvalue weighted by molar-refractivity contribution is 0.0694. The first-order valence-corrected chi connectivity index (χ1v) is 6.28. The number of carboxylic acid groups (broad SMARTS) is 1. The van der Waals surface area contributed by atoms with Crippen LogP contribution in [-0.4, -0.2) is 29.2 Å². The van der Waals surface area contributed by atoms with Gasteiger partial charge in [0.05, 0.1) is 0 Å². The summed E-state index contributed by atoms with van der Waals surface area (Å²) in [5, 5.41) is 8.92. The van der Waals surface area contributed by atoms with E-state index in [1.165, 1.54) is 10.6 Å². The quantitative estimate of drug-likeness (QED) is 0.899.